The molecule has 28 heavy (non-hydrogen) atoms. The predicted molar refractivity (Wildman–Crippen MR) is 101 cm³/mol. The monoisotopic (exact) mass is 399 g/mol. The normalized spacial score (nSPS) is 17.8. The van der Waals surface area contributed by atoms with Crippen LogP contribution >= 0.6 is 0 Å². The highest BCUT2D eigenvalue weighted by atomic mass is 16.4. The van der Waals surface area contributed by atoms with Gasteiger partial charge in [-0.05, 0) is 39.2 Å². The van der Waals surface area contributed by atoms with Gasteiger partial charge in [-0.3, -0.25) is 24.2 Å². The molecule has 3 atom stereocenters. The predicted octanol–water partition coefficient (Wildman–Crippen LogP) is -3.02. The maximum atomic E-state index is 12.4. The average Bonchev–Trinajstić information content (AvgIpc) is 3.16. The summed E-state index contributed by atoms with van der Waals surface area (Å²) in [6.07, 6.45) is 2.17. The van der Waals surface area contributed by atoms with E-state index in [2.05, 4.69) is 26.3 Å². The van der Waals surface area contributed by atoms with Crippen molar-refractivity contribution < 1.29 is 24.3 Å². The number of aliphatic imine (C=N–C) groups is 1. The molecule has 12 heteroatoms. The van der Waals surface area contributed by atoms with Crippen LogP contribution in [0.5, 0.6) is 0 Å². The zero-order chi connectivity index (χ0) is 21.1. The number of nitrogens with one attached hydrogen (secondary N) is 4. The first-order chi connectivity index (χ1) is 13.2. The molecule has 158 valence electrons. The number of carbonyl (C=O) groups excluding carboxylic acids is 3. The quantitative estimate of drug-likeness (QED) is 0.108. The molecule has 0 aliphatic carbocycles. The second-order valence-electron chi connectivity index (χ2n) is 6.50. The summed E-state index contributed by atoms with van der Waals surface area (Å²) in [4.78, 5) is 51.1. The van der Waals surface area contributed by atoms with Gasteiger partial charge in [-0.1, -0.05) is 0 Å². The maximum absolute atomic E-state index is 12.4. The topological polar surface area (TPSA) is 201 Å². The van der Waals surface area contributed by atoms with Crippen LogP contribution in [-0.4, -0.2) is 72.5 Å². The van der Waals surface area contributed by atoms with Crippen molar-refractivity contribution in [3.05, 3.63) is 0 Å². The zero-order valence-electron chi connectivity index (χ0n) is 15.9. The molecule has 3 unspecified atom stereocenters. The Morgan fingerprint density at radius 2 is 1.93 bits per heavy atom. The van der Waals surface area contributed by atoms with Gasteiger partial charge < -0.3 is 37.8 Å². The van der Waals surface area contributed by atoms with Crippen molar-refractivity contribution in [2.75, 3.05) is 19.6 Å². The van der Waals surface area contributed by atoms with Gasteiger partial charge in [0.2, 0.25) is 17.7 Å². The molecule has 12 nitrogen and oxygen atoms in total. The minimum absolute atomic E-state index is 0.0900. The lowest BCUT2D eigenvalue weighted by Crippen LogP contribution is -2.55. The summed E-state index contributed by atoms with van der Waals surface area (Å²) in [5, 5.41) is 19.1. The van der Waals surface area contributed by atoms with E-state index in [1.807, 2.05) is 0 Å². The van der Waals surface area contributed by atoms with Crippen molar-refractivity contribution in [2.45, 2.75) is 50.7 Å². The minimum atomic E-state index is -1.20. The van der Waals surface area contributed by atoms with E-state index in [-0.39, 0.29) is 30.9 Å². The van der Waals surface area contributed by atoms with Crippen molar-refractivity contribution in [2.24, 2.45) is 16.5 Å². The Morgan fingerprint density at radius 3 is 2.50 bits per heavy atom. The standard InChI is InChI=1S/C16H29N7O5/c1-9(22-15(28)10-4-2-6-19-10)13(26)23-11(5-3-7-20-16(17)18)14(27)21-8-12(24)25/h9-11,19H,2-8H2,1H3,(H,21,27)(H,22,28)(H,23,26)(H,24,25)(H4,17,18,20). The molecular weight excluding hydrogens is 370 g/mol. The van der Waals surface area contributed by atoms with E-state index in [4.69, 9.17) is 16.6 Å². The number of carboxylic acids is 1. The number of rotatable bonds is 11. The third-order valence-corrected chi connectivity index (χ3v) is 4.12. The molecule has 1 aliphatic heterocycles. The largest absolute Gasteiger partial charge is 0.480 e. The lowest BCUT2D eigenvalue weighted by molar-refractivity contribution is -0.138. The van der Waals surface area contributed by atoms with Crippen LogP contribution in [0.3, 0.4) is 0 Å². The van der Waals surface area contributed by atoms with Crippen LogP contribution in [0.1, 0.15) is 32.6 Å². The second-order valence-corrected chi connectivity index (χ2v) is 6.50. The Hall–Kier alpha value is -2.89. The van der Waals surface area contributed by atoms with E-state index < -0.39 is 36.4 Å². The van der Waals surface area contributed by atoms with Gasteiger partial charge in [-0.15, -0.1) is 0 Å². The van der Waals surface area contributed by atoms with Gasteiger partial charge in [-0.25, -0.2) is 0 Å². The summed E-state index contributed by atoms with van der Waals surface area (Å²) >= 11 is 0. The number of amides is 3. The fourth-order valence-corrected chi connectivity index (χ4v) is 2.64. The highest BCUT2D eigenvalue weighted by molar-refractivity contribution is 5.93. The molecule has 0 radical (unpaired) electrons. The van der Waals surface area contributed by atoms with Crippen molar-refractivity contribution in [3.8, 4) is 0 Å². The summed E-state index contributed by atoms with van der Waals surface area (Å²) in [6, 6.07) is -2.17. The smallest absolute Gasteiger partial charge is 0.322 e. The van der Waals surface area contributed by atoms with E-state index in [1.54, 1.807) is 0 Å². The van der Waals surface area contributed by atoms with E-state index >= 15 is 0 Å². The van der Waals surface area contributed by atoms with Gasteiger partial charge in [0.15, 0.2) is 5.96 Å². The molecule has 9 N–H and O–H groups in total. The van der Waals surface area contributed by atoms with Crippen molar-refractivity contribution in [1.82, 2.24) is 21.3 Å². The first-order valence-electron chi connectivity index (χ1n) is 9.09. The van der Waals surface area contributed by atoms with Gasteiger partial charge in [0.05, 0.1) is 6.04 Å². The number of hydrogen-bond donors (Lipinski definition) is 7. The fourth-order valence-electron chi connectivity index (χ4n) is 2.64. The molecular formula is C16H29N7O5. The van der Waals surface area contributed by atoms with Crippen LogP contribution in [0, 0.1) is 0 Å². The second kappa shape index (κ2) is 11.7. The first-order valence-corrected chi connectivity index (χ1v) is 9.09. The lowest BCUT2D eigenvalue weighted by atomic mass is 10.1. The Bertz CT molecular complexity index is 600. The Morgan fingerprint density at radius 1 is 1.21 bits per heavy atom. The Balaban J connectivity index is 2.61. The van der Waals surface area contributed by atoms with Crippen LogP contribution < -0.4 is 32.7 Å². The van der Waals surface area contributed by atoms with Crippen molar-refractivity contribution >= 4 is 29.7 Å². The van der Waals surface area contributed by atoms with Crippen LogP contribution in [0.2, 0.25) is 0 Å². The average molecular weight is 399 g/mol. The number of aliphatic carboxylic acids is 1. The summed E-state index contributed by atoms with van der Waals surface area (Å²) in [6.45, 7) is 1.94. The summed E-state index contributed by atoms with van der Waals surface area (Å²) in [5.74, 6) is -2.77. The highest BCUT2D eigenvalue weighted by Gasteiger charge is 2.27. The van der Waals surface area contributed by atoms with Crippen molar-refractivity contribution in [1.29, 1.82) is 0 Å². The molecule has 0 aromatic rings. The van der Waals surface area contributed by atoms with Gasteiger partial charge >= 0.3 is 5.97 Å². The van der Waals surface area contributed by atoms with Crippen LogP contribution in [0.15, 0.2) is 4.99 Å². The number of carboxylic acid groups (broad SMARTS) is 1. The summed E-state index contributed by atoms with van der Waals surface area (Å²) in [7, 11) is 0. The van der Waals surface area contributed by atoms with Crippen LogP contribution in [-0.2, 0) is 19.2 Å². The lowest BCUT2D eigenvalue weighted by Gasteiger charge is -2.22. The van der Waals surface area contributed by atoms with E-state index in [1.165, 1.54) is 6.92 Å². The number of nitrogens with two attached hydrogens (primary N) is 2. The van der Waals surface area contributed by atoms with Gasteiger partial charge in [0.25, 0.3) is 0 Å². The highest BCUT2D eigenvalue weighted by Crippen LogP contribution is 2.05. The number of nitrogens with zero attached hydrogens (tertiary/aromatic N) is 1. The van der Waals surface area contributed by atoms with Gasteiger partial charge in [-0.2, -0.15) is 0 Å². The molecule has 1 aliphatic rings. The van der Waals surface area contributed by atoms with Crippen LogP contribution in [0.25, 0.3) is 0 Å². The van der Waals surface area contributed by atoms with Gasteiger partial charge in [0.1, 0.15) is 18.6 Å². The summed E-state index contributed by atoms with van der Waals surface area (Å²) in [5.41, 5.74) is 10.5. The maximum Gasteiger partial charge on any atom is 0.322 e. The zero-order valence-corrected chi connectivity index (χ0v) is 15.9. The number of carbonyl (C=O) groups is 4. The molecule has 0 aromatic carbocycles. The summed E-state index contributed by atoms with van der Waals surface area (Å²) < 4.78 is 0. The van der Waals surface area contributed by atoms with Crippen molar-refractivity contribution in [3.63, 3.8) is 0 Å². The SMILES string of the molecule is CC(NC(=O)C1CCCN1)C(=O)NC(CCCN=C(N)N)C(=O)NCC(=O)O. The number of hydrogen-bond acceptors (Lipinski definition) is 6. The van der Waals surface area contributed by atoms with Gasteiger partial charge in [0, 0.05) is 6.54 Å². The van der Waals surface area contributed by atoms with Crippen LogP contribution in [0.4, 0.5) is 0 Å². The van der Waals surface area contributed by atoms with E-state index in [0.29, 0.717) is 12.8 Å². The molecule has 3 amide bonds. The molecule has 0 spiro atoms. The molecule has 0 aromatic heterocycles. The third-order valence-electron chi connectivity index (χ3n) is 4.12. The molecule has 0 bridgehead atoms. The molecule has 1 fully saturated rings. The molecule has 1 saturated heterocycles. The minimum Gasteiger partial charge on any atom is -0.480 e. The number of guanidine groups is 1. The first kappa shape index (κ1) is 23.1. The Labute approximate surface area is 162 Å². The molecule has 0 saturated carbocycles. The molecule has 1 rings (SSSR count). The Kier molecular flexibility index (Phi) is 9.71. The van der Waals surface area contributed by atoms with E-state index in [9.17, 15) is 19.2 Å². The third kappa shape index (κ3) is 8.66. The van der Waals surface area contributed by atoms with E-state index in [0.717, 1.165) is 13.0 Å². The molecule has 1 heterocycles. The fraction of sp³-hybridized carbons (Fsp3) is 0.688.